The second kappa shape index (κ2) is 8.24. The van der Waals surface area contributed by atoms with E-state index in [2.05, 4.69) is 20.6 Å². The van der Waals surface area contributed by atoms with Crippen LogP contribution in [-0.2, 0) is 16.0 Å². The van der Waals surface area contributed by atoms with Gasteiger partial charge in [0.05, 0.1) is 10.9 Å². The normalized spacial score (nSPS) is 10.8. The van der Waals surface area contributed by atoms with Gasteiger partial charge in [-0.3, -0.25) is 14.4 Å². The quantitative estimate of drug-likeness (QED) is 0.651. The number of nitrogens with zero attached hydrogens (tertiary/aromatic N) is 1. The van der Waals surface area contributed by atoms with Crippen LogP contribution in [0.15, 0.2) is 29.1 Å². The predicted molar refractivity (Wildman–Crippen MR) is 91.5 cm³/mol. The Morgan fingerprint density at radius 1 is 1.17 bits per heavy atom. The Labute approximate surface area is 139 Å². The maximum atomic E-state index is 11.9. The molecule has 128 valence electrons. The molecule has 2 aromatic rings. The number of hydrogen-bond acceptors (Lipinski definition) is 4. The van der Waals surface area contributed by atoms with Crippen LogP contribution < -0.4 is 16.2 Å². The molecule has 1 heterocycles. The van der Waals surface area contributed by atoms with Crippen molar-refractivity contribution in [2.45, 2.75) is 26.7 Å². The Morgan fingerprint density at radius 2 is 1.88 bits per heavy atom. The Kier molecular flexibility index (Phi) is 6.06. The van der Waals surface area contributed by atoms with Gasteiger partial charge in [-0.15, -0.1) is 0 Å². The average Bonchev–Trinajstić information content (AvgIpc) is 2.56. The first kappa shape index (κ1) is 17.7. The molecule has 0 aliphatic rings. The zero-order chi connectivity index (χ0) is 17.5. The third-order valence-electron chi connectivity index (χ3n) is 3.52. The Bertz CT molecular complexity index is 783. The second-order valence-electron chi connectivity index (χ2n) is 5.83. The summed E-state index contributed by atoms with van der Waals surface area (Å²) >= 11 is 0. The van der Waals surface area contributed by atoms with E-state index in [1.54, 1.807) is 18.2 Å². The minimum Gasteiger partial charge on any atom is -0.354 e. The van der Waals surface area contributed by atoms with E-state index < -0.39 is 0 Å². The third-order valence-corrected chi connectivity index (χ3v) is 3.52. The maximum absolute atomic E-state index is 11.9. The number of nitrogens with one attached hydrogen (secondary N) is 3. The first-order chi connectivity index (χ1) is 11.5. The molecule has 1 aromatic carbocycles. The van der Waals surface area contributed by atoms with Crippen LogP contribution in [0, 0.1) is 5.92 Å². The number of hydrogen-bond donors (Lipinski definition) is 3. The molecule has 0 saturated carbocycles. The number of carbonyl (C=O) groups excluding carboxylic acids is 2. The summed E-state index contributed by atoms with van der Waals surface area (Å²) in [6.45, 7) is 4.39. The lowest BCUT2D eigenvalue weighted by Gasteiger charge is -2.08. The Balaban J connectivity index is 1.80. The predicted octanol–water partition coefficient (Wildman–Crippen LogP) is 0.744. The third kappa shape index (κ3) is 4.91. The summed E-state index contributed by atoms with van der Waals surface area (Å²) < 4.78 is 0. The lowest BCUT2D eigenvalue weighted by atomic mass is 10.2. The van der Waals surface area contributed by atoms with Crippen molar-refractivity contribution in [3.8, 4) is 0 Å². The van der Waals surface area contributed by atoms with Gasteiger partial charge < -0.3 is 15.6 Å². The first-order valence-electron chi connectivity index (χ1n) is 7.99. The summed E-state index contributed by atoms with van der Waals surface area (Å²) in [5.74, 6) is 0.227. The monoisotopic (exact) mass is 330 g/mol. The van der Waals surface area contributed by atoms with E-state index in [1.807, 2.05) is 19.9 Å². The molecule has 2 amide bonds. The van der Waals surface area contributed by atoms with Gasteiger partial charge >= 0.3 is 0 Å². The lowest BCUT2D eigenvalue weighted by molar-refractivity contribution is -0.124. The van der Waals surface area contributed by atoms with Gasteiger partial charge in [-0.05, 0) is 12.1 Å². The van der Waals surface area contributed by atoms with Crippen molar-refractivity contribution in [3.63, 3.8) is 0 Å². The molecule has 0 saturated heterocycles. The minimum absolute atomic E-state index is 0.0396. The van der Waals surface area contributed by atoms with Gasteiger partial charge in [0.2, 0.25) is 11.8 Å². The van der Waals surface area contributed by atoms with Crippen LogP contribution in [0.2, 0.25) is 0 Å². The number of amides is 2. The summed E-state index contributed by atoms with van der Waals surface area (Å²) in [7, 11) is 0. The van der Waals surface area contributed by atoms with Crippen molar-refractivity contribution in [2.24, 2.45) is 5.92 Å². The Hall–Kier alpha value is -2.70. The van der Waals surface area contributed by atoms with Crippen LogP contribution >= 0.6 is 0 Å². The van der Waals surface area contributed by atoms with Gasteiger partial charge in [-0.25, -0.2) is 4.98 Å². The van der Waals surface area contributed by atoms with Crippen molar-refractivity contribution in [2.75, 3.05) is 13.1 Å². The number of aryl methyl sites for hydroxylation is 1. The number of fused-ring (bicyclic) bond motifs is 1. The Morgan fingerprint density at radius 3 is 2.62 bits per heavy atom. The number of carbonyl (C=O) groups is 2. The molecule has 0 atom stereocenters. The molecule has 7 nitrogen and oxygen atoms in total. The highest BCUT2D eigenvalue weighted by Gasteiger charge is 2.08. The number of para-hydroxylation sites is 1. The highest BCUT2D eigenvalue weighted by molar-refractivity contribution is 5.79. The van der Waals surface area contributed by atoms with Crippen molar-refractivity contribution >= 4 is 22.7 Å². The van der Waals surface area contributed by atoms with Gasteiger partial charge in [-0.2, -0.15) is 0 Å². The van der Waals surface area contributed by atoms with Gasteiger partial charge in [0.15, 0.2) is 0 Å². The van der Waals surface area contributed by atoms with Gasteiger partial charge in [-0.1, -0.05) is 26.0 Å². The van der Waals surface area contributed by atoms with Crippen molar-refractivity contribution in [1.29, 1.82) is 0 Å². The highest BCUT2D eigenvalue weighted by atomic mass is 16.2. The molecule has 3 N–H and O–H groups in total. The topological polar surface area (TPSA) is 104 Å². The molecule has 0 aliphatic heterocycles. The van der Waals surface area contributed by atoms with Gasteiger partial charge in [0, 0.05) is 31.8 Å². The zero-order valence-corrected chi connectivity index (χ0v) is 13.9. The second-order valence-corrected chi connectivity index (χ2v) is 5.83. The van der Waals surface area contributed by atoms with Crippen molar-refractivity contribution in [1.82, 2.24) is 20.6 Å². The van der Waals surface area contributed by atoms with Crippen LogP contribution in [0.5, 0.6) is 0 Å². The molecule has 2 rings (SSSR count). The summed E-state index contributed by atoms with van der Waals surface area (Å²) in [4.78, 5) is 42.2. The largest absolute Gasteiger partial charge is 0.354 e. The molecule has 0 aliphatic carbocycles. The molecule has 0 spiro atoms. The molecular weight excluding hydrogens is 308 g/mol. The van der Waals surface area contributed by atoms with E-state index >= 15 is 0 Å². The van der Waals surface area contributed by atoms with E-state index in [-0.39, 0.29) is 29.7 Å². The molecule has 24 heavy (non-hydrogen) atoms. The summed E-state index contributed by atoms with van der Waals surface area (Å²) in [5, 5.41) is 5.98. The fourth-order valence-electron chi connectivity index (χ4n) is 2.17. The lowest BCUT2D eigenvalue weighted by Crippen LogP contribution is -2.36. The number of benzene rings is 1. The molecule has 1 aromatic heterocycles. The number of H-pyrrole nitrogens is 1. The summed E-state index contributed by atoms with van der Waals surface area (Å²) in [5.41, 5.74) is 0.417. The van der Waals surface area contributed by atoms with Crippen LogP contribution in [-0.4, -0.2) is 34.9 Å². The molecule has 0 unspecified atom stereocenters. The van der Waals surface area contributed by atoms with Gasteiger partial charge in [0.25, 0.3) is 5.56 Å². The molecule has 0 radical (unpaired) electrons. The maximum Gasteiger partial charge on any atom is 0.258 e. The summed E-state index contributed by atoms with van der Waals surface area (Å²) in [6.07, 6.45) is 0.573. The standard InChI is InChI=1S/C17H22N4O3/c1-11(2)16(23)19-10-9-18-15(22)8-7-14-20-13-6-4-3-5-12(13)17(24)21-14/h3-6,11H,7-10H2,1-2H3,(H,18,22)(H,19,23)(H,20,21,24). The van der Waals surface area contributed by atoms with E-state index in [1.165, 1.54) is 0 Å². The molecule has 0 fully saturated rings. The number of rotatable bonds is 7. The zero-order valence-electron chi connectivity index (χ0n) is 13.9. The molecule has 7 heteroatoms. The van der Waals surface area contributed by atoms with Crippen LogP contribution in [0.4, 0.5) is 0 Å². The van der Waals surface area contributed by atoms with Crippen LogP contribution in [0.3, 0.4) is 0 Å². The van der Waals surface area contributed by atoms with Crippen LogP contribution in [0.25, 0.3) is 10.9 Å². The smallest absolute Gasteiger partial charge is 0.258 e. The minimum atomic E-state index is -0.201. The molecular formula is C17H22N4O3. The summed E-state index contributed by atoms with van der Waals surface area (Å²) in [6, 6.07) is 7.08. The van der Waals surface area contributed by atoms with Crippen LogP contribution in [0.1, 0.15) is 26.1 Å². The fraction of sp³-hybridized carbons (Fsp3) is 0.412. The fourth-order valence-corrected chi connectivity index (χ4v) is 2.17. The van der Waals surface area contributed by atoms with E-state index in [4.69, 9.17) is 0 Å². The molecule has 0 bridgehead atoms. The van der Waals surface area contributed by atoms with Gasteiger partial charge in [0.1, 0.15) is 5.82 Å². The van der Waals surface area contributed by atoms with E-state index in [9.17, 15) is 14.4 Å². The highest BCUT2D eigenvalue weighted by Crippen LogP contribution is 2.06. The van der Waals surface area contributed by atoms with Crippen molar-refractivity contribution in [3.05, 3.63) is 40.4 Å². The average molecular weight is 330 g/mol. The number of aromatic amines is 1. The number of aromatic nitrogens is 2. The van der Waals surface area contributed by atoms with Crippen molar-refractivity contribution < 1.29 is 9.59 Å². The first-order valence-corrected chi connectivity index (χ1v) is 7.99. The SMILES string of the molecule is CC(C)C(=O)NCCNC(=O)CCc1nc2ccccc2c(=O)[nH]1. The van der Waals surface area contributed by atoms with E-state index in [0.29, 0.717) is 36.2 Å². The van der Waals surface area contributed by atoms with E-state index in [0.717, 1.165) is 0 Å².